The Morgan fingerprint density at radius 1 is 0.933 bits per heavy atom. The highest BCUT2D eigenvalue weighted by molar-refractivity contribution is 5.18. The second kappa shape index (κ2) is 10.2. The van der Waals surface area contributed by atoms with Gasteiger partial charge in [0.25, 0.3) is 0 Å². The van der Waals surface area contributed by atoms with Crippen LogP contribution >= 0.6 is 0 Å². The minimum atomic E-state index is -2.91. The lowest BCUT2D eigenvalue weighted by molar-refractivity contribution is -0.0979. The van der Waals surface area contributed by atoms with Gasteiger partial charge in [-0.2, -0.15) is 17.6 Å². The van der Waals surface area contributed by atoms with E-state index in [1.807, 2.05) is 12.9 Å². The van der Waals surface area contributed by atoms with Gasteiger partial charge in [0.15, 0.2) is 0 Å². The second-order valence-corrected chi connectivity index (χ2v) is 1.86. The summed E-state index contributed by atoms with van der Waals surface area (Å²) in [5.41, 5.74) is 0. The van der Waals surface area contributed by atoms with Gasteiger partial charge < -0.3 is 9.90 Å². The molecule has 0 aliphatic rings. The zero-order valence-electron chi connectivity index (χ0n) is 7.46. The first-order chi connectivity index (χ1) is 7.04. The van der Waals surface area contributed by atoms with Crippen LogP contribution in [0.5, 0.6) is 5.75 Å². The maximum atomic E-state index is 10.3. The van der Waals surface area contributed by atoms with Crippen LogP contribution in [0.15, 0.2) is 42.5 Å². The van der Waals surface area contributed by atoms with E-state index >= 15 is 0 Å². The van der Waals surface area contributed by atoms with Crippen molar-refractivity contribution in [2.45, 2.75) is 0 Å². The standard InChI is InChI=1S/C6H6O.C2F4.CH2O/c7-6-4-2-1-3-5-6;3-1(4)2(5)6;1-2/h1-5,7H;;1H2. The zero-order chi connectivity index (χ0) is 12.3. The summed E-state index contributed by atoms with van der Waals surface area (Å²) >= 11 is 0. The number of halogens is 4. The average Bonchev–Trinajstić information content (AvgIpc) is 2.22. The summed E-state index contributed by atoms with van der Waals surface area (Å²) in [5.74, 6) is 0.322. The van der Waals surface area contributed by atoms with Crippen molar-refractivity contribution in [1.82, 2.24) is 0 Å². The Hall–Kier alpha value is -1.85. The molecule has 6 heteroatoms. The number of carbonyl (C=O) groups is 1. The average molecular weight is 224 g/mol. The number of carbonyl (C=O) groups excluding carboxylic acids is 1. The van der Waals surface area contributed by atoms with E-state index in [0.717, 1.165) is 0 Å². The number of hydrogen-bond donors (Lipinski definition) is 1. The van der Waals surface area contributed by atoms with Crippen LogP contribution in [-0.2, 0) is 4.79 Å². The topological polar surface area (TPSA) is 37.3 Å². The molecular weight excluding hydrogens is 216 g/mol. The van der Waals surface area contributed by atoms with Gasteiger partial charge in [-0.15, -0.1) is 0 Å². The molecule has 15 heavy (non-hydrogen) atoms. The number of phenolic OH excluding ortho intramolecular Hbond substituents is 1. The van der Waals surface area contributed by atoms with E-state index in [2.05, 4.69) is 0 Å². The highest BCUT2D eigenvalue weighted by atomic mass is 19.3. The highest BCUT2D eigenvalue weighted by Gasteiger charge is 1.98. The summed E-state index contributed by atoms with van der Waals surface area (Å²) in [7, 11) is 0. The van der Waals surface area contributed by atoms with Gasteiger partial charge >= 0.3 is 12.2 Å². The molecule has 0 radical (unpaired) electrons. The van der Waals surface area contributed by atoms with Crippen molar-refractivity contribution in [3.63, 3.8) is 0 Å². The van der Waals surface area contributed by atoms with Crippen LogP contribution in [0.1, 0.15) is 0 Å². The summed E-state index contributed by atoms with van der Waals surface area (Å²) in [4.78, 5) is 8.00. The van der Waals surface area contributed by atoms with Crippen LogP contribution in [0.25, 0.3) is 0 Å². The largest absolute Gasteiger partial charge is 0.508 e. The van der Waals surface area contributed by atoms with Crippen molar-refractivity contribution < 1.29 is 27.5 Å². The van der Waals surface area contributed by atoms with Crippen LogP contribution in [-0.4, -0.2) is 11.9 Å². The second-order valence-electron chi connectivity index (χ2n) is 1.86. The molecule has 0 spiro atoms. The molecule has 1 N–H and O–H groups in total. The summed E-state index contributed by atoms with van der Waals surface area (Å²) in [6.45, 7) is 2.00. The summed E-state index contributed by atoms with van der Waals surface area (Å²) in [6, 6.07) is 8.71. The van der Waals surface area contributed by atoms with Crippen LogP contribution in [0, 0.1) is 0 Å². The van der Waals surface area contributed by atoms with E-state index in [1.165, 1.54) is 0 Å². The minimum Gasteiger partial charge on any atom is -0.508 e. The van der Waals surface area contributed by atoms with Gasteiger partial charge in [0.2, 0.25) is 0 Å². The summed E-state index contributed by atoms with van der Waals surface area (Å²) < 4.78 is 41.1. The van der Waals surface area contributed by atoms with Gasteiger partial charge in [0.05, 0.1) is 0 Å². The van der Waals surface area contributed by atoms with Crippen molar-refractivity contribution in [2.24, 2.45) is 0 Å². The predicted molar refractivity (Wildman–Crippen MR) is 46.7 cm³/mol. The fourth-order valence-electron chi connectivity index (χ4n) is 0.428. The number of benzene rings is 1. The van der Waals surface area contributed by atoms with E-state index < -0.39 is 12.2 Å². The first-order valence-electron chi connectivity index (χ1n) is 3.43. The van der Waals surface area contributed by atoms with Gasteiger partial charge in [-0.1, -0.05) is 18.2 Å². The molecule has 1 aromatic rings. The Bertz CT molecular complexity index is 269. The molecule has 0 bridgehead atoms. The fourth-order valence-corrected chi connectivity index (χ4v) is 0.428. The molecular formula is C9H8F4O2. The quantitative estimate of drug-likeness (QED) is 0.687. The van der Waals surface area contributed by atoms with E-state index in [-0.39, 0.29) is 0 Å². The lowest BCUT2D eigenvalue weighted by atomic mass is 10.3. The van der Waals surface area contributed by atoms with Gasteiger partial charge in [-0.05, 0) is 12.1 Å². The number of phenols is 1. The van der Waals surface area contributed by atoms with Gasteiger partial charge in [0.1, 0.15) is 12.5 Å². The molecule has 0 atom stereocenters. The molecule has 0 heterocycles. The fraction of sp³-hybridized carbons (Fsp3) is 0. The van der Waals surface area contributed by atoms with Crippen molar-refractivity contribution in [3.8, 4) is 5.75 Å². The van der Waals surface area contributed by atoms with Crippen molar-refractivity contribution in [3.05, 3.63) is 42.5 Å². The Morgan fingerprint density at radius 3 is 1.40 bits per heavy atom. The molecule has 0 aliphatic carbocycles. The maximum Gasteiger partial charge on any atom is 0.334 e. The maximum absolute atomic E-state index is 10.3. The highest BCUT2D eigenvalue weighted by Crippen LogP contribution is 2.08. The lowest BCUT2D eigenvalue weighted by Gasteiger charge is -1.82. The lowest BCUT2D eigenvalue weighted by Crippen LogP contribution is -1.56. The van der Waals surface area contributed by atoms with Crippen LogP contribution in [0.4, 0.5) is 17.6 Å². The predicted octanol–water partition coefficient (Wildman–Crippen LogP) is 3.20. The first-order valence-corrected chi connectivity index (χ1v) is 3.43. The van der Waals surface area contributed by atoms with Gasteiger partial charge in [-0.25, -0.2) is 0 Å². The molecule has 0 aromatic heterocycles. The molecule has 0 amide bonds. The Balaban J connectivity index is 0. The van der Waals surface area contributed by atoms with Crippen molar-refractivity contribution in [2.75, 3.05) is 0 Å². The summed E-state index contributed by atoms with van der Waals surface area (Å²) in [5, 5.41) is 8.63. The molecule has 2 nitrogen and oxygen atoms in total. The number of rotatable bonds is 0. The Morgan fingerprint density at radius 2 is 1.27 bits per heavy atom. The molecule has 1 aromatic carbocycles. The molecule has 0 unspecified atom stereocenters. The van der Waals surface area contributed by atoms with E-state index in [0.29, 0.717) is 5.75 Å². The van der Waals surface area contributed by atoms with Crippen LogP contribution in [0.3, 0.4) is 0 Å². The third-order valence-corrected chi connectivity index (χ3v) is 0.899. The van der Waals surface area contributed by atoms with E-state index in [1.54, 1.807) is 24.3 Å². The normalized spacial score (nSPS) is 7.47. The van der Waals surface area contributed by atoms with E-state index in [9.17, 15) is 17.6 Å². The van der Waals surface area contributed by atoms with Crippen molar-refractivity contribution >= 4 is 6.79 Å². The zero-order valence-corrected chi connectivity index (χ0v) is 7.46. The molecule has 1 rings (SSSR count). The van der Waals surface area contributed by atoms with Crippen molar-refractivity contribution in [1.29, 1.82) is 0 Å². The third-order valence-electron chi connectivity index (χ3n) is 0.899. The summed E-state index contributed by atoms with van der Waals surface area (Å²) in [6.07, 6.45) is -5.81. The van der Waals surface area contributed by atoms with Gasteiger partial charge in [-0.3, -0.25) is 0 Å². The van der Waals surface area contributed by atoms with Gasteiger partial charge in [0, 0.05) is 0 Å². The SMILES string of the molecule is C=O.FC(F)=C(F)F.Oc1ccccc1. The molecule has 0 fully saturated rings. The number of aromatic hydroxyl groups is 1. The third kappa shape index (κ3) is 12.1. The van der Waals surface area contributed by atoms with E-state index in [4.69, 9.17) is 9.90 Å². The number of para-hydroxylation sites is 1. The first kappa shape index (κ1) is 15.6. The monoisotopic (exact) mass is 224 g/mol. The molecule has 84 valence electrons. The molecule has 0 saturated heterocycles. The number of hydrogen-bond acceptors (Lipinski definition) is 2. The van der Waals surface area contributed by atoms with Crippen LogP contribution in [0.2, 0.25) is 0 Å². The molecule has 0 aliphatic heterocycles. The smallest absolute Gasteiger partial charge is 0.334 e. The molecule has 0 saturated carbocycles. The minimum absolute atomic E-state index is 0.322. The Labute approximate surface area is 83.5 Å². The van der Waals surface area contributed by atoms with Crippen LogP contribution < -0.4 is 0 Å². The Kier molecular flexibility index (Phi) is 10.7.